The van der Waals surface area contributed by atoms with E-state index in [4.69, 9.17) is 22.3 Å². The first-order valence-corrected chi connectivity index (χ1v) is 11.7. The van der Waals surface area contributed by atoms with E-state index in [1.54, 1.807) is 60.9 Å². The molecule has 1 fully saturated rings. The van der Waals surface area contributed by atoms with Gasteiger partial charge in [-0.25, -0.2) is 14.4 Å². The molecule has 0 bridgehead atoms. The zero-order valence-electron chi connectivity index (χ0n) is 17.2. The third-order valence-electron chi connectivity index (χ3n) is 5.41. The molecular weight excluding hydrogens is 448 g/mol. The second kappa shape index (κ2) is 10.3. The van der Waals surface area contributed by atoms with Crippen LogP contribution in [0.1, 0.15) is 34.9 Å². The van der Waals surface area contributed by atoms with Crippen LogP contribution in [0, 0.1) is 0 Å². The van der Waals surface area contributed by atoms with Gasteiger partial charge in [0.25, 0.3) is 5.91 Å². The second-order valence-corrected chi connectivity index (χ2v) is 9.30. The number of aromatic nitrogens is 1. The molecule has 166 valence electrons. The third kappa shape index (κ3) is 5.06. The molecule has 7 nitrogen and oxygen atoms in total. The van der Waals surface area contributed by atoms with Crippen molar-refractivity contribution in [3.05, 3.63) is 89.2 Å². The summed E-state index contributed by atoms with van der Waals surface area (Å²) in [6.07, 6.45) is 4.43. The summed E-state index contributed by atoms with van der Waals surface area (Å²) in [7, 11) is -1.36. The Morgan fingerprint density at radius 3 is 2.47 bits per heavy atom. The number of amides is 1. The fourth-order valence-corrected chi connectivity index (χ4v) is 5.34. The Balaban J connectivity index is 1.49. The van der Waals surface area contributed by atoms with Gasteiger partial charge in [0.2, 0.25) is 0 Å². The highest BCUT2D eigenvalue weighted by molar-refractivity contribution is 7.82. The molecule has 1 aliphatic heterocycles. The first kappa shape index (κ1) is 22.6. The summed E-state index contributed by atoms with van der Waals surface area (Å²) in [4.78, 5) is 22.5. The van der Waals surface area contributed by atoms with Crippen LogP contribution < -0.4 is 11.2 Å². The smallest absolute Gasteiger partial charge is 0.255 e. The maximum Gasteiger partial charge on any atom is 0.255 e. The van der Waals surface area contributed by atoms with Crippen LogP contribution in [0.4, 0.5) is 5.69 Å². The highest BCUT2D eigenvalue weighted by Gasteiger charge is 2.37. The Labute approximate surface area is 194 Å². The van der Waals surface area contributed by atoms with Crippen LogP contribution in [0.15, 0.2) is 78.0 Å². The van der Waals surface area contributed by atoms with E-state index >= 15 is 0 Å². The summed E-state index contributed by atoms with van der Waals surface area (Å²) in [5.74, 6) is 5.45. The lowest BCUT2D eigenvalue weighted by Gasteiger charge is -2.29. The topological polar surface area (TPSA) is 97.5 Å². The van der Waals surface area contributed by atoms with Gasteiger partial charge in [-0.1, -0.05) is 23.7 Å². The largest absolute Gasteiger partial charge is 0.322 e. The maximum absolute atomic E-state index is 13.2. The number of nitrogens with one attached hydrogen (secondary N) is 1. The molecule has 1 saturated heterocycles. The van der Waals surface area contributed by atoms with Gasteiger partial charge in [-0.3, -0.25) is 14.6 Å². The molecule has 0 radical (unpaired) electrons. The average Bonchev–Trinajstić information content (AvgIpc) is 3.30. The van der Waals surface area contributed by atoms with Gasteiger partial charge >= 0.3 is 0 Å². The SMILES string of the molecule is NOC(c1ccc(C(=O)Nc2ccncc2)cc1)C1CCCN1S(=O)c1ccc(Cl)cc1. The summed E-state index contributed by atoms with van der Waals surface area (Å²) >= 11 is 5.96. The quantitative estimate of drug-likeness (QED) is 0.506. The van der Waals surface area contributed by atoms with Crippen molar-refractivity contribution < 1.29 is 13.8 Å². The molecule has 0 saturated carbocycles. The number of halogens is 1. The molecule has 1 aliphatic rings. The molecule has 3 unspecified atom stereocenters. The van der Waals surface area contributed by atoms with E-state index in [1.165, 1.54) is 0 Å². The summed E-state index contributed by atoms with van der Waals surface area (Å²) in [5, 5.41) is 3.42. The maximum atomic E-state index is 13.2. The van der Waals surface area contributed by atoms with Gasteiger partial charge in [0.1, 0.15) is 17.1 Å². The first-order valence-electron chi connectivity index (χ1n) is 10.2. The standard InChI is InChI=1S/C23H23ClN4O3S/c24-18-7-9-20(10-8-18)32(30)28-15-1-2-21(28)22(31-25)16-3-5-17(6-4-16)23(29)27-19-11-13-26-14-12-19/h3-14,21-22H,1-2,15,25H2,(H,26,27,29). The van der Waals surface area contributed by atoms with Gasteiger partial charge in [0.05, 0.1) is 10.9 Å². The van der Waals surface area contributed by atoms with Crippen LogP contribution in [0.2, 0.25) is 5.02 Å². The summed E-state index contributed by atoms with van der Waals surface area (Å²) in [5.41, 5.74) is 2.00. The molecule has 4 rings (SSSR count). The third-order valence-corrected chi connectivity index (χ3v) is 7.22. The predicted octanol–water partition coefficient (Wildman–Crippen LogP) is 4.11. The fraction of sp³-hybridized carbons (Fsp3) is 0.217. The lowest BCUT2D eigenvalue weighted by molar-refractivity contribution is 0.0136. The average molecular weight is 471 g/mol. The van der Waals surface area contributed by atoms with Crippen LogP contribution in [-0.4, -0.2) is 32.0 Å². The van der Waals surface area contributed by atoms with Crippen molar-refractivity contribution in [3.8, 4) is 0 Å². The Bertz CT molecular complexity index is 1080. The van der Waals surface area contributed by atoms with E-state index in [9.17, 15) is 9.00 Å². The van der Waals surface area contributed by atoms with Crippen LogP contribution in [0.3, 0.4) is 0 Å². The number of rotatable bonds is 7. The Morgan fingerprint density at radius 2 is 1.81 bits per heavy atom. The van der Waals surface area contributed by atoms with Gasteiger partial charge in [-0.05, 0) is 66.9 Å². The number of hydrogen-bond donors (Lipinski definition) is 2. The van der Waals surface area contributed by atoms with Gasteiger partial charge in [0, 0.05) is 35.2 Å². The van der Waals surface area contributed by atoms with Crippen LogP contribution in [-0.2, 0) is 15.8 Å². The molecular formula is C23H23ClN4O3S. The first-order chi connectivity index (χ1) is 15.6. The molecule has 3 atom stereocenters. The van der Waals surface area contributed by atoms with E-state index < -0.39 is 17.1 Å². The fourth-order valence-electron chi connectivity index (χ4n) is 3.81. The van der Waals surface area contributed by atoms with Gasteiger partial charge in [-0.2, -0.15) is 0 Å². The minimum atomic E-state index is -1.36. The highest BCUT2D eigenvalue weighted by Crippen LogP contribution is 2.34. The van der Waals surface area contributed by atoms with Crippen molar-refractivity contribution >= 4 is 34.2 Å². The van der Waals surface area contributed by atoms with E-state index in [-0.39, 0.29) is 11.9 Å². The minimum absolute atomic E-state index is 0.159. The molecule has 2 heterocycles. The molecule has 32 heavy (non-hydrogen) atoms. The zero-order chi connectivity index (χ0) is 22.5. The number of carbonyl (C=O) groups is 1. The number of nitrogens with two attached hydrogens (primary N) is 1. The van der Waals surface area contributed by atoms with Gasteiger partial charge < -0.3 is 5.32 Å². The number of pyridine rings is 1. The number of anilines is 1. The van der Waals surface area contributed by atoms with Gasteiger partial charge in [-0.15, -0.1) is 0 Å². The summed E-state index contributed by atoms with van der Waals surface area (Å²) in [6, 6.07) is 17.4. The van der Waals surface area contributed by atoms with Crippen LogP contribution >= 0.6 is 11.6 Å². The number of hydrogen-bond acceptors (Lipinski definition) is 5. The Hall–Kier alpha value is -2.62. The molecule has 2 aromatic carbocycles. The van der Waals surface area contributed by atoms with E-state index in [1.807, 2.05) is 16.4 Å². The molecule has 0 spiro atoms. The number of carbonyl (C=O) groups excluding carboxylic acids is 1. The monoisotopic (exact) mass is 470 g/mol. The minimum Gasteiger partial charge on any atom is -0.322 e. The molecule has 1 amide bonds. The molecule has 1 aromatic heterocycles. The van der Waals surface area contributed by atoms with Crippen LogP contribution in [0.25, 0.3) is 0 Å². The Morgan fingerprint density at radius 1 is 1.12 bits per heavy atom. The van der Waals surface area contributed by atoms with E-state index in [0.717, 1.165) is 18.4 Å². The van der Waals surface area contributed by atoms with E-state index in [2.05, 4.69) is 10.3 Å². The van der Waals surface area contributed by atoms with Crippen molar-refractivity contribution in [2.24, 2.45) is 5.90 Å². The zero-order valence-corrected chi connectivity index (χ0v) is 18.8. The lowest BCUT2D eigenvalue weighted by Crippen LogP contribution is -2.38. The second-order valence-electron chi connectivity index (χ2n) is 7.42. The Kier molecular flexibility index (Phi) is 7.29. The number of benzene rings is 2. The van der Waals surface area contributed by atoms with E-state index in [0.29, 0.717) is 27.7 Å². The summed E-state index contributed by atoms with van der Waals surface area (Å²) < 4.78 is 15.1. The predicted molar refractivity (Wildman–Crippen MR) is 124 cm³/mol. The lowest BCUT2D eigenvalue weighted by atomic mass is 9.99. The van der Waals surface area contributed by atoms with Crippen molar-refractivity contribution in [1.29, 1.82) is 0 Å². The van der Waals surface area contributed by atoms with Crippen molar-refractivity contribution in [3.63, 3.8) is 0 Å². The molecule has 3 aromatic rings. The molecule has 9 heteroatoms. The normalized spacial score (nSPS) is 18.2. The molecule has 0 aliphatic carbocycles. The number of nitrogens with zero attached hydrogens (tertiary/aromatic N) is 2. The van der Waals surface area contributed by atoms with Crippen LogP contribution in [0.5, 0.6) is 0 Å². The van der Waals surface area contributed by atoms with Crippen molar-refractivity contribution in [1.82, 2.24) is 9.29 Å². The van der Waals surface area contributed by atoms with Crippen molar-refractivity contribution in [2.75, 3.05) is 11.9 Å². The highest BCUT2D eigenvalue weighted by atomic mass is 35.5. The van der Waals surface area contributed by atoms with Gasteiger partial charge in [0.15, 0.2) is 0 Å². The summed E-state index contributed by atoms with van der Waals surface area (Å²) in [6.45, 7) is 0.673. The molecule has 3 N–H and O–H groups in total. The van der Waals surface area contributed by atoms with Crippen molar-refractivity contribution in [2.45, 2.75) is 29.9 Å².